The molecule has 2 N–H and O–H groups in total. The van der Waals surface area contributed by atoms with Gasteiger partial charge in [-0.15, -0.1) is 0 Å². The van der Waals surface area contributed by atoms with Gasteiger partial charge in [-0.2, -0.15) is 4.31 Å². The van der Waals surface area contributed by atoms with E-state index in [1.54, 1.807) is 12.1 Å². The third-order valence-electron chi connectivity index (χ3n) is 2.93. The molecule has 0 amide bonds. The second kappa shape index (κ2) is 5.46. The Hall–Kier alpha value is -0.140. The maximum absolute atomic E-state index is 12.4. The molecule has 100 valence electrons. The van der Waals surface area contributed by atoms with Crippen LogP contribution in [-0.2, 0) is 10.0 Å². The van der Waals surface area contributed by atoms with Crippen LogP contribution in [0.2, 0.25) is 5.02 Å². The summed E-state index contributed by atoms with van der Waals surface area (Å²) >= 11 is 9.26. The van der Waals surface area contributed by atoms with Crippen LogP contribution in [0.25, 0.3) is 0 Å². The first-order chi connectivity index (χ1) is 8.41. The van der Waals surface area contributed by atoms with Gasteiger partial charge in [0.25, 0.3) is 0 Å². The lowest BCUT2D eigenvalue weighted by atomic mass is 10.1. The van der Waals surface area contributed by atoms with Crippen molar-refractivity contribution in [2.45, 2.75) is 23.8 Å². The van der Waals surface area contributed by atoms with Gasteiger partial charge in [0, 0.05) is 23.6 Å². The summed E-state index contributed by atoms with van der Waals surface area (Å²) in [6, 6.07) is 4.67. The Kier molecular flexibility index (Phi) is 4.33. The minimum atomic E-state index is -3.54. The Labute approximate surface area is 120 Å². The highest BCUT2D eigenvalue weighted by Crippen LogP contribution is 2.28. The van der Waals surface area contributed by atoms with E-state index in [9.17, 15) is 8.42 Å². The summed E-state index contributed by atoms with van der Waals surface area (Å²) < 4.78 is 27.0. The molecule has 18 heavy (non-hydrogen) atoms. The van der Waals surface area contributed by atoms with E-state index >= 15 is 0 Å². The van der Waals surface area contributed by atoms with Gasteiger partial charge >= 0.3 is 0 Å². The first-order valence-corrected chi connectivity index (χ1v) is 8.23. The molecule has 1 aromatic rings. The molecule has 0 aromatic heterocycles. The van der Waals surface area contributed by atoms with Crippen molar-refractivity contribution in [1.82, 2.24) is 4.31 Å². The van der Waals surface area contributed by atoms with E-state index < -0.39 is 10.0 Å². The number of piperidine rings is 1. The second-order valence-electron chi connectivity index (χ2n) is 4.34. The van der Waals surface area contributed by atoms with Crippen LogP contribution in [0, 0.1) is 0 Å². The van der Waals surface area contributed by atoms with Crippen molar-refractivity contribution in [2.75, 3.05) is 13.1 Å². The number of nitrogens with zero attached hydrogens (tertiary/aromatic N) is 1. The van der Waals surface area contributed by atoms with Crippen molar-refractivity contribution in [3.05, 3.63) is 27.7 Å². The summed E-state index contributed by atoms with van der Waals surface area (Å²) in [7, 11) is -3.54. The van der Waals surface area contributed by atoms with E-state index in [-0.39, 0.29) is 16.0 Å². The van der Waals surface area contributed by atoms with Crippen LogP contribution in [0.3, 0.4) is 0 Å². The summed E-state index contributed by atoms with van der Waals surface area (Å²) in [6.07, 6.45) is 1.65. The normalized spacial score (nSPS) is 22.1. The van der Waals surface area contributed by atoms with Gasteiger partial charge in [-0.3, -0.25) is 0 Å². The van der Waals surface area contributed by atoms with E-state index in [2.05, 4.69) is 15.9 Å². The average molecular weight is 354 g/mol. The van der Waals surface area contributed by atoms with Gasteiger partial charge in [-0.25, -0.2) is 8.42 Å². The van der Waals surface area contributed by atoms with Gasteiger partial charge in [-0.1, -0.05) is 27.5 Å². The van der Waals surface area contributed by atoms with Crippen molar-refractivity contribution in [3.8, 4) is 0 Å². The van der Waals surface area contributed by atoms with Crippen LogP contribution >= 0.6 is 27.5 Å². The zero-order chi connectivity index (χ0) is 13.3. The third-order valence-corrected chi connectivity index (χ3v) is 5.77. The van der Waals surface area contributed by atoms with Gasteiger partial charge in [0.2, 0.25) is 10.0 Å². The molecule has 1 fully saturated rings. The quantitative estimate of drug-likeness (QED) is 0.886. The van der Waals surface area contributed by atoms with E-state index in [0.717, 1.165) is 17.3 Å². The van der Waals surface area contributed by atoms with Gasteiger partial charge in [0.05, 0.1) is 5.02 Å². The lowest BCUT2D eigenvalue weighted by Gasteiger charge is -2.30. The molecule has 1 heterocycles. The molecule has 2 rings (SSSR count). The number of halogens is 2. The van der Waals surface area contributed by atoms with E-state index in [1.165, 1.54) is 10.4 Å². The molecular weight excluding hydrogens is 340 g/mol. The second-order valence-corrected chi connectivity index (χ2v) is 7.57. The number of hydrogen-bond acceptors (Lipinski definition) is 3. The van der Waals surface area contributed by atoms with Crippen molar-refractivity contribution >= 4 is 37.6 Å². The lowest BCUT2D eigenvalue weighted by molar-refractivity contribution is 0.316. The zero-order valence-electron chi connectivity index (χ0n) is 9.64. The zero-order valence-corrected chi connectivity index (χ0v) is 12.8. The minimum absolute atomic E-state index is 0.0947. The molecule has 0 bridgehead atoms. The molecular formula is C11H14BrClN2O2S. The Bertz CT molecular complexity index is 550. The molecule has 1 unspecified atom stereocenters. The topological polar surface area (TPSA) is 63.4 Å². The monoisotopic (exact) mass is 352 g/mol. The fourth-order valence-corrected chi connectivity index (χ4v) is 4.56. The first kappa shape index (κ1) is 14.3. The van der Waals surface area contributed by atoms with Crippen molar-refractivity contribution < 1.29 is 8.42 Å². The molecule has 0 spiro atoms. The summed E-state index contributed by atoms with van der Waals surface area (Å²) in [6.45, 7) is 0.858. The maximum Gasteiger partial charge on any atom is 0.244 e. The van der Waals surface area contributed by atoms with Gasteiger partial charge in [-0.05, 0) is 31.0 Å². The number of rotatable bonds is 2. The molecule has 7 heteroatoms. The number of hydrogen-bond donors (Lipinski definition) is 1. The van der Waals surface area contributed by atoms with Crippen molar-refractivity contribution in [3.63, 3.8) is 0 Å². The predicted molar refractivity (Wildman–Crippen MR) is 75.1 cm³/mol. The maximum atomic E-state index is 12.4. The van der Waals surface area contributed by atoms with Crippen LogP contribution in [0.15, 0.2) is 27.6 Å². The Morgan fingerprint density at radius 2 is 2.17 bits per heavy atom. The van der Waals surface area contributed by atoms with E-state index in [1.807, 2.05) is 0 Å². The minimum Gasteiger partial charge on any atom is -0.327 e. The van der Waals surface area contributed by atoms with Crippen LogP contribution < -0.4 is 5.73 Å². The van der Waals surface area contributed by atoms with Gasteiger partial charge in [0.1, 0.15) is 4.90 Å². The molecule has 1 aliphatic heterocycles. The number of sulfonamides is 1. The summed E-state index contributed by atoms with van der Waals surface area (Å²) in [5.74, 6) is 0. The highest BCUT2D eigenvalue weighted by molar-refractivity contribution is 9.10. The summed E-state index contributed by atoms with van der Waals surface area (Å²) in [4.78, 5) is 0.140. The SMILES string of the molecule is NC1CCCN(S(=O)(=O)c2ccc(Br)cc2Cl)C1. The highest BCUT2D eigenvalue weighted by atomic mass is 79.9. The first-order valence-electron chi connectivity index (χ1n) is 5.62. The Morgan fingerprint density at radius 3 is 2.78 bits per heavy atom. The Balaban J connectivity index is 2.35. The standard InChI is InChI=1S/C11H14BrClN2O2S/c12-8-3-4-11(10(13)6-8)18(16,17)15-5-1-2-9(14)7-15/h3-4,6,9H,1-2,5,7,14H2. The van der Waals surface area contributed by atoms with E-state index in [0.29, 0.717) is 13.1 Å². The molecule has 1 saturated heterocycles. The molecule has 1 aliphatic rings. The van der Waals surface area contributed by atoms with Gasteiger partial charge < -0.3 is 5.73 Å². The van der Waals surface area contributed by atoms with Crippen LogP contribution in [0.4, 0.5) is 0 Å². The fraction of sp³-hybridized carbons (Fsp3) is 0.455. The smallest absolute Gasteiger partial charge is 0.244 e. The van der Waals surface area contributed by atoms with Gasteiger partial charge in [0.15, 0.2) is 0 Å². The largest absolute Gasteiger partial charge is 0.327 e. The van der Waals surface area contributed by atoms with Crippen molar-refractivity contribution in [2.24, 2.45) is 5.73 Å². The fourth-order valence-electron chi connectivity index (χ4n) is 2.02. The summed E-state index contributed by atoms with van der Waals surface area (Å²) in [5.41, 5.74) is 5.82. The summed E-state index contributed by atoms with van der Waals surface area (Å²) in [5, 5.41) is 0.225. The molecule has 1 atom stereocenters. The molecule has 1 aromatic carbocycles. The number of nitrogens with two attached hydrogens (primary N) is 1. The van der Waals surface area contributed by atoms with Crippen molar-refractivity contribution in [1.29, 1.82) is 0 Å². The molecule has 0 aliphatic carbocycles. The third kappa shape index (κ3) is 2.88. The van der Waals surface area contributed by atoms with E-state index in [4.69, 9.17) is 17.3 Å². The van der Waals surface area contributed by atoms with Crippen LogP contribution in [0.5, 0.6) is 0 Å². The average Bonchev–Trinajstić information content (AvgIpc) is 2.28. The Morgan fingerprint density at radius 1 is 1.44 bits per heavy atom. The highest BCUT2D eigenvalue weighted by Gasteiger charge is 2.30. The lowest BCUT2D eigenvalue weighted by Crippen LogP contribution is -2.45. The van der Waals surface area contributed by atoms with Crippen LogP contribution in [0.1, 0.15) is 12.8 Å². The molecule has 0 saturated carbocycles. The molecule has 4 nitrogen and oxygen atoms in total. The van der Waals surface area contributed by atoms with Crippen LogP contribution in [-0.4, -0.2) is 31.9 Å². The molecule has 0 radical (unpaired) electrons. The number of benzene rings is 1. The predicted octanol–water partition coefficient (Wildman–Crippen LogP) is 2.21.